The topological polar surface area (TPSA) is 47.6 Å². The van der Waals surface area contributed by atoms with Crippen molar-refractivity contribution in [1.82, 2.24) is 5.32 Å². The summed E-state index contributed by atoms with van der Waals surface area (Å²) in [4.78, 5) is 12.4. The van der Waals surface area contributed by atoms with E-state index in [1.54, 1.807) is 19.2 Å². The third-order valence-electron chi connectivity index (χ3n) is 3.72. The van der Waals surface area contributed by atoms with E-state index < -0.39 is 6.10 Å². The lowest BCUT2D eigenvalue weighted by atomic mass is 10.2. The van der Waals surface area contributed by atoms with Gasteiger partial charge in [-0.2, -0.15) is 0 Å². The minimum atomic E-state index is -0.555. The molecule has 2 aromatic rings. The lowest BCUT2D eigenvalue weighted by Crippen LogP contribution is -2.37. The van der Waals surface area contributed by atoms with Crippen LogP contribution in [0.5, 0.6) is 11.5 Å². The van der Waals surface area contributed by atoms with Crippen molar-refractivity contribution in [1.29, 1.82) is 0 Å². The molecule has 0 saturated carbocycles. The molecule has 0 aliphatic carbocycles. The van der Waals surface area contributed by atoms with Gasteiger partial charge < -0.3 is 14.8 Å². The molecular weight excluding hydrogens is 326 g/mol. The number of carbonyl (C=O) groups excluding carboxylic acids is 1. The minimum absolute atomic E-state index is 0.156. The van der Waals surface area contributed by atoms with Gasteiger partial charge in [0.05, 0.1) is 7.11 Å². The van der Waals surface area contributed by atoms with Crippen LogP contribution >= 0.6 is 11.6 Å². The number of carbonyl (C=O) groups is 1. The lowest BCUT2D eigenvalue weighted by Gasteiger charge is -2.18. The molecule has 1 amide bonds. The Kier molecular flexibility index (Phi) is 6.50. The molecule has 4 nitrogen and oxygen atoms in total. The van der Waals surface area contributed by atoms with E-state index in [0.29, 0.717) is 23.7 Å². The van der Waals surface area contributed by atoms with Gasteiger partial charge in [0.15, 0.2) is 6.10 Å². The summed E-state index contributed by atoms with van der Waals surface area (Å²) < 4.78 is 11.1. The zero-order chi connectivity index (χ0) is 17.5. The van der Waals surface area contributed by atoms with E-state index in [2.05, 4.69) is 5.32 Å². The molecule has 0 aliphatic rings. The van der Waals surface area contributed by atoms with Crippen LogP contribution in [0.4, 0.5) is 0 Å². The lowest BCUT2D eigenvalue weighted by molar-refractivity contribution is -0.128. The summed E-state index contributed by atoms with van der Waals surface area (Å²) in [5.74, 6) is 1.23. The van der Waals surface area contributed by atoms with E-state index in [-0.39, 0.29) is 5.91 Å². The number of methoxy groups -OCH3 is 1. The number of rotatable bonds is 7. The summed E-state index contributed by atoms with van der Waals surface area (Å²) in [6.07, 6.45) is 0.0136. The molecular formula is C19H22ClNO3. The fourth-order valence-corrected chi connectivity index (χ4v) is 2.44. The Bertz CT molecular complexity index is 703. The summed E-state index contributed by atoms with van der Waals surface area (Å²) in [5.41, 5.74) is 1.84. The average molecular weight is 348 g/mol. The Morgan fingerprint density at radius 3 is 2.67 bits per heavy atom. The monoisotopic (exact) mass is 347 g/mol. The molecule has 2 aromatic carbocycles. The van der Waals surface area contributed by atoms with Crippen LogP contribution in [-0.2, 0) is 11.3 Å². The van der Waals surface area contributed by atoms with Crippen LogP contribution in [0.3, 0.4) is 0 Å². The van der Waals surface area contributed by atoms with Crippen molar-refractivity contribution in [2.75, 3.05) is 7.11 Å². The normalized spacial score (nSPS) is 11.7. The largest absolute Gasteiger partial charge is 0.496 e. The van der Waals surface area contributed by atoms with Gasteiger partial charge in [0.25, 0.3) is 5.91 Å². The maximum absolute atomic E-state index is 12.4. The van der Waals surface area contributed by atoms with Gasteiger partial charge in [0.1, 0.15) is 11.5 Å². The number of amides is 1. The van der Waals surface area contributed by atoms with Gasteiger partial charge >= 0.3 is 0 Å². The predicted molar refractivity (Wildman–Crippen MR) is 95.7 cm³/mol. The second kappa shape index (κ2) is 8.60. The van der Waals surface area contributed by atoms with Crippen LogP contribution in [0.1, 0.15) is 24.5 Å². The number of ether oxygens (including phenoxy) is 2. The number of para-hydroxylation sites is 1. The fraction of sp³-hybridized carbons (Fsp3) is 0.316. The van der Waals surface area contributed by atoms with Crippen molar-refractivity contribution >= 4 is 17.5 Å². The van der Waals surface area contributed by atoms with Gasteiger partial charge in [0, 0.05) is 17.1 Å². The Hall–Kier alpha value is -2.20. The van der Waals surface area contributed by atoms with Crippen molar-refractivity contribution in [2.45, 2.75) is 32.9 Å². The van der Waals surface area contributed by atoms with E-state index in [0.717, 1.165) is 16.9 Å². The molecule has 0 spiro atoms. The quantitative estimate of drug-likeness (QED) is 0.819. The zero-order valence-corrected chi connectivity index (χ0v) is 14.9. The maximum Gasteiger partial charge on any atom is 0.261 e. The van der Waals surface area contributed by atoms with Gasteiger partial charge in [-0.15, -0.1) is 0 Å². The van der Waals surface area contributed by atoms with Crippen LogP contribution in [0.2, 0.25) is 5.02 Å². The van der Waals surface area contributed by atoms with Gasteiger partial charge in [-0.25, -0.2) is 0 Å². The number of hydrogen-bond acceptors (Lipinski definition) is 3. The van der Waals surface area contributed by atoms with Gasteiger partial charge in [-0.05, 0) is 43.2 Å². The number of aryl methyl sites for hydroxylation is 1. The highest BCUT2D eigenvalue weighted by Crippen LogP contribution is 2.22. The first kappa shape index (κ1) is 18.1. The Balaban J connectivity index is 1.99. The van der Waals surface area contributed by atoms with Gasteiger partial charge in [-0.1, -0.05) is 36.7 Å². The molecule has 0 aromatic heterocycles. The second-order valence-electron chi connectivity index (χ2n) is 5.46. The van der Waals surface area contributed by atoms with Crippen LogP contribution < -0.4 is 14.8 Å². The summed E-state index contributed by atoms with van der Waals surface area (Å²) in [7, 11) is 1.61. The Morgan fingerprint density at radius 2 is 2.00 bits per heavy atom. The Morgan fingerprint density at radius 1 is 1.25 bits per heavy atom. The van der Waals surface area contributed by atoms with Crippen LogP contribution in [0.25, 0.3) is 0 Å². The van der Waals surface area contributed by atoms with Crippen molar-refractivity contribution in [3.05, 3.63) is 58.6 Å². The minimum Gasteiger partial charge on any atom is -0.496 e. The van der Waals surface area contributed by atoms with Gasteiger partial charge in [0.2, 0.25) is 0 Å². The van der Waals surface area contributed by atoms with E-state index >= 15 is 0 Å². The van der Waals surface area contributed by atoms with Crippen molar-refractivity contribution in [2.24, 2.45) is 0 Å². The Labute approximate surface area is 147 Å². The van der Waals surface area contributed by atoms with Crippen LogP contribution in [0, 0.1) is 6.92 Å². The third-order valence-corrected chi connectivity index (χ3v) is 4.14. The van der Waals surface area contributed by atoms with Crippen LogP contribution in [0.15, 0.2) is 42.5 Å². The highest BCUT2D eigenvalue weighted by molar-refractivity contribution is 6.31. The molecule has 128 valence electrons. The first-order valence-electron chi connectivity index (χ1n) is 7.87. The summed E-state index contributed by atoms with van der Waals surface area (Å²) in [5, 5.41) is 3.58. The number of nitrogens with one attached hydrogen (secondary N) is 1. The van der Waals surface area contributed by atoms with E-state index in [1.165, 1.54) is 0 Å². The molecule has 0 unspecified atom stereocenters. The van der Waals surface area contributed by atoms with Crippen LogP contribution in [-0.4, -0.2) is 19.1 Å². The molecule has 0 heterocycles. The van der Waals surface area contributed by atoms with E-state index in [4.69, 9.17) is 21.1 Å². The standard InChI is InChI=1S/C19H22ClNO3/c1-4-17(24-15-9-10-16(20)13(2)11-15)19(22)21-12-14-7-5-6-8-18(14)23-3/h5-11,17H,4,12H2,1-3H3,(H,21,22)/t17-/m0/s1. The summed E-state index contributed by atoms with van der Waals surface area (Å²) in [6.45, 7) is 4.20. The molecule has 0 bridgehead atoms. The first-order chi connectivity index (χ1) is 11.5. The first-order valence-corrected chi connectivity index (χ1v) is 8.25. The van der Waals surface area contributed by atoms with Crippen molar-refractivity contribution in [3.8, 4) is 11.5 Å². The fourth-order valence-electron chi connectivity index (χ4n) is 2.32. The van der Waals surface area contributed by atoms with Crippen molar-refractivity contribution in [3.63, 3.8) is 0 Å². The van der Waals surface area contributed by atoms with Gasteiger partial charge in [-0.3, -0.25) is 4.79 Å². The van der Waals surface area contributed by atoms with Crippen molar-refractivity contribution < 1.29 is 14.3 Å². The van der Waals surface area contributed by atoms with E-state index in [1.807, 2.05) is 44.2 Å². The molecule has 2 rings (SSSR count). The summed E-state index contributed by atoms with van der Waals surface area (Å²) >= 11 is 6.01. The highest BCUT2D eigenvalue weighted by Gasteiger charge is 2.18. The number of hydrogen-bond donors (Lipinski definition) is 1. The summed E-state index contributed by atoms with van der Waals surface area (Å²) in [6, 6.07) is 13.0. The molecule has 1 N–H and O–H groups in total. The molecule has 24 heavy (non-hydrogen) atoms. The molecule has 1 atom stereocenters. The maximum atomic E-state index is 12.4. The number of halogens is 1. The molecule has 0 aliphatic heterocycles. The SMILES string of the molecule is CC[C@H](Oc1ccc(Cl)c(C)c1)C(=O)NCc1ccccc1OC. The predicted octanol–water partition coefficient (Wildman–Crippen LogP) is 4.13. The van der Waals surface area contributed by atoms with E-state index in [9.17, 15) is 4.79 Å². The highest BCUT2D eigenvalue weighted by atomic mass is 35.5. The molecule has 0 radical (unpaired) electrons. The molecule has 0 fully saturated rings. The second-order valence-corrected chi connectivity index (χ2v) is 5.86. The molecule has 5 heteroatoms. The number of benzene rings is 2. The average Bonchev–Trinajstić information content (AvgIpc) is 2.60. The molecule has 0 saturated heterocycles. The zero-order valence-electron chi connectivity index (χ0n) is 14.1. The smallest absolute Gasteiger partial charge is 0.261 e. The third kappa shape index (κ3) is 4.65.